The zero-order chi connectivity index (χ0) is 18.1. The minimum absolute atomic E-state index is 0.00529. The fraction of sp³-hybridized carbons (Fsp3) is 0.333. The first-order valence-electron chi connectivity index (χ1n) is 9.12. The van der Waals surface area contributed by atoms with E-state index in [1.165, 1.54) is 12.8 Å². The number of amides is 2. The molecule has 0 bridgehead atoms. The second-order valence-corrected chi connectivity index (χ2v) is 7.17. The summed E-state index contributed by atoms with van der Waals surface area (Å²) < 4.78 is 5.90. The summed E-state index contributed by atoms with van der Waals surface area (Å²) in [5, 5.41) is 5.80. The predicted molar refractivity (Wildman–Crippen MR) is 101 cm³/mol. The van der Waals surface area contributed by atoms with Gasteiger partial charge >= 0.3 is 0 Å². The lowest BCUT2D eigenvalue weighted by Gasteiger charge is -2.12. The number of carbonyl (C=O) groups is 2. The van der Waals surface area contributed by atoms with E-state index >= 15 is 0 Å². The van der Waals surface area contributed by atoms with Crippen molar-refractivity contribution in [3.8, 4) is 11.5 Å². The first kappa shape index (κ1) is 16.6. The van der Waals surface area contributed by atoms with Gasteiger partial charge in [0.1, 0.15) is 5.75 Å². The van der Waals surface area contributed by atoms with E-state index in [0.29, 0.717) is 40.8 Å². The number of hydrogen-bond acceptors (Lipinski definition) is 3. The van der Waals surface area contributed by atoms with E-state index in [0.717, 1.165) is 18.4 Å². The van der Waals surface area contributed by atoms with Crippen LogP contribution >= 0.6 is 0 Å². The van der Waals surface area contributed by atoms with Crippen molar-refractivity contribution >= 4 is 23.2 Å². The Kier molecular flexibility index (Phi) is 4.37. The highest BCUT2D eigenvalue weighted by Gasteiger charge is 2.22. The van der Waals surface area contributed by atoms with Gasteiger partial charge in [0, 0.05) is 12.1 Å². The van der Waals surface area contributed by atoms with E-state index in [1.807, 2.05) is 25.1 Å². The van der Waals surface area contributed by atoms with Crippen molar-refractivity contribution in [2.24, 2.45) is 5.92 Å². The van der Waals surface area contributed by atoms with Crippen LogP contribution in [0.15, 0.2) is 36.4 Å². The number of anilines is 2. The highest BCUT2D eigenvalue weighted by molar-refractivity contribution is 6.09. The smallest absolute Gasteiger partial charge is 0.259 e. The van der Waals surface area contributed by atoms with Crippen LogP contribution in [0.3, 0.4) is 0 Å². The topological polar surface area (TPSA) is 67.4 Å². The van der Waals surface area contributed by atoms with Crippen LogP contribution in [-0.4, -0.2) is 11.8 Å². The average molecular weight is 350 g/mol. The second-order valence-electron chi connectivity index (χ2n) is 7.17. The number of hydrogen-bond donors (Lipinski definition) is 2. The average Bonchev–Trinajstić information content (AvgIpc) is 3.06. The zero-order valence-corrected chi connectivity index (χ0v) is 14.8. The molecule has 0 radical (unpaired) electrons. The Morgan fingerprint density at radius 3 is 2.73 bits per heavy atom. The molecule has 26 heavy (non-hydrogen) atoms. The van der Waals surface area contributed by atoms with Gasteiger partial charge < -0.3 is 15.4 Å². The first-order valence-corrected chi connectivity index (χ1v) is 9.12. The summed E-state index contributed by atoms with van der Waals surface area (Å²) >= 11 is 0. The third-order valence-corrected chi connectivity index (χ3v) is 5.06. The molecule has 5 nitrogen and oxygen atoms in total. The number of ether oxygens (including phenoxy) is 1. The van der Waals surface area contributed by atoms with E-state index in [2.05, 4.69) is 10.6 Å². The molecular formula is C21H22N2O3. The summed E-state index contributed by atoms with van der Waals surface area (Å²) in [4.78, 5) is 24.9. The van der Waals surface area contributed by atoms with Gasteiger partial charge in [-0.05, 0) is 61.6 Å². The molecule has 134 valence electrons. The third-order valence-electron chi connectivity index (χ3n) is 5.06. The lowest BCUT2D eigenvalue weighted by Crippen LogP contribution is -2.16. The quantitative estimate of drug-likeness (QED) is 0.830. The summed E-state index contributed by atoms with van der Waals surface area (Å²) in [5.74, 6) is 1.35. The molecule has 4 rings (SSSR count). The molecule has 0 saturated heterocycles. The van der Waals surface area contributed by atoms with Crippen LogP contribution in [-0.2, 0) is 4.79 Å². The van der Waals surface area contributed by atoms with Gasteiger partial charge in [0.25, 0.3) is 5.91 Å². The molecule has 2 aliphatic rings. The number of aryl methyl sites for hydroxylation is 1. The van der Waals surface area contributed by atoms with Crippen molar-refractivity contribution in [3.05, 3.63) is 47.5 Å². The van der Waals surface area contributed by atoms with Crippen LogP contribution in [0.25, 0.3) is 0 Å². The number of benzene rings is 2. The summed E-state index contributed by atoms with van der Waals surface area (Å²) in [7, 11) is 0. The number of nitrogens with one attached hydrogen (secondary N) is 2. The van der Waals surface area contributed by atoms with Crippen LogP contribution in [0.2, 0.25) is 0 Å². The van der Waals surface area contributed by atoms with Crippen LogP contribution in [0.5, 0.6) is 11.5 Å². The number of fused-ring (bicyclic) bond motifs is 2. The maximum absolute atomic E-state index is 12.6. The molecule has 1 heterocycles. The molecule has 0 spiro atoms. The Bertz CT molecular complexity index is 870. The third kappa shape index (κ3) is 3.43. The van der Waals surface area contributed by atoms with Crippen molar-refractivity contribution in [3.63, 3.8) is 0 Å². The molecule has 1 aliphatic carbocycles. The van der Waals surface area contributed by atoms with Crippen LogP contribution in [0.4, 0.5) is 11.4 Å². The van der Waals surface area contributed by atoms with Crippen LogP contribution < -0.4 is 15.4 Å². The highest BCUT2D eigenvalue weighted by atomic mass is 16.5. The Morgan fingerprint density at radius 1 is 1.15 bits per heavy atom. The summed E-state index contributed by atoms with van der Waals surface area (Å²) in [6.07, 6.45) is 5.24. The molecule has 2 aromatic rings. The zero-order valence-electron chi connectivity index (χ0n) is 14.8. The van der Waals surface area contributed by atoms with E-state index in [1.54, 1.807) is 18.2 Å². The minimum Gasteiger partial charge on any atom is -0.454 e. The van der Waals surface area contributed by atoms with Crippen LogP contribution in [0, 0.1) is 12.8 Å². The largest absolute Gasteiger partial charge is 0.454 e. The molecule has 2 aromatic carbocycles. The van der Waals surface area contributed by atoms with Crippen molar-refractivity contribution in [2.75, 3.05) is 10.6 Å². The van der Waals surface area contributed by atoms with Crippen molar-refractivity contribution in [1.82, 2.24) is 0 Å². The lowest BCUT2D eigenvalue weighted by atomic mass is 10.0. The molecule has 1 fully saturated rings. The molecule has 1 aliphatic heterocycles. The van der Waals surface area contributed by atoms with Gasteiger partial charge in [-0.1, -0.05) is 18.9 Å². The van der Waals surface area contributed by atoms with E-state index in [4.69, 9.17) is 4.74 Å². The fourth-order valence-corrected chi connectivity index (χ4v) is 3.70. The van der Waals surface area contributed by atoms with E-state index in [-0.39, 0.29) is 11.8 Å². The Balaban J connectivity index is 1.53. The SMILES string of the molecule is Cc1ccc2c(c1)NC(=O)c1cc(NC(=O)CC3CCCC3)ccc1O2. The number of carbonyl (C=O) groups excluding carboxylic acids is 2. The fourth-order valence-electron chi connectivity index (χ4n) is 3.70. The second kappa shape index (κ2) is 6.83. The van der Waals surface area contributed by atoms with Gasteiger partial charge in [0.15, 0.2) is 5.75 Å². The van der Waals surface area contributed by atoms with Gasteiger partial charge in [0.05, 0.1) is 11.3 Å². The van der Waals surface area contributed by atoms with Crippen molar-refractivity contribution < 1.29 is 14.3 Å². The Labute approximate surface area is 152 Å². The molecule has 0 aromatic heterocycles. The number of rotatable bonds is 3. The lowest BCUT2D eigenvalue weighted by molar-refractivity contribution is -0.117. The van der Waals surface area contributed by atoms with Gasteiger partial charge in [-0.25, -0.2) is 0 Å². The normalized spacial score (nSPS) is 16.1. The predicted octanol–water partition coefficient (Wildman–Crippen LogP) is 4.87. The standard InChI is InChI=1S/C21H22N2O3/c1-13-6-8-19-17(10-13)23-21(25)16-12-15(7-9-18(16)26-19)22-20(24)11-14-4-2-3-5-14/h6-10,12,14H,2-5,11H2,1H3,(H,22,24)(H,23,25). The van der Waals surface area contributed by atoms with E-state index < -0.39 is 0 Å². The molecule has 1 saturated carbocycles. The maximum Gasteiger partial charge on any atom is 0.259 e. The summed E-state index contributed by atoms with van der Waals surface area (Å²) in [5.41, 5.74) is 2.72. The van der Waals surface area contributed by atoms with Gasteiger partial charge in [-0.2, -0.15) is 0 Å². The molecule has 0 atom stereocenters. The van der Waals surface area contributed by atoms with Gasteiger partial charge in [-0.3, -0.25) is 9.59 Å². The highest BCUT2D eigenvalue weighted by Crippen LogP contribution is 2.37. The first-order chi connectivity index (χ1) is 12.6. The van der Waals surface area contributed by atoms with Crippen LogP contribution in [0.1, 0.15) is 48.0 Å². The van der Waals surface area contributed by atoms with Gasteiger partial charge in [-0.15, -0.1) is 0 Å². The Morgan fingerprint density at radius 2 is 1.92 bits per heavy atom. The monoisotopic (exact) mass is 350 g/mol. The molecule has 2 N–H and O–H groups in total. The van der Waals surface area contributed by atoms with Crippen molar-refractivity contribution in [1.29, 1.82) is 0 Å². The Hall–Kier alpha value is -2.82. The molecule has 0 unspecified atom stereocenters. The maximum atomic E-state index is 12.6. The van der Waals surface area contributed by atoms with Gasteiger partial charge in [0.2, 0.25) is 5.91 Å². The minimum atomic E-state index is -0.240. The van der Waals surface area contributed by atoms with Crippen molar-refractivity contribution in [2.45, 2.75) is 39.0 Å². The van der Waals surface area contributed by atoms with E-state index in [9.17, 15) is 9.59 Å². The molecule has 5 heteroatoms. The molecule has 2 amide bonds. The summed E-state index contributed by atoms with van der Waals surface area (Å²) in [6, 6.07) is 10.8. The molecular weight excluding hydrogens is 328 g/mol. The summed E-state index contributed by atoms with van der Waals surface area (Å²) in [6.45, 7) is 1.96.